The second-order valence-electron chi connectivity index (χ2n) is 11.4. The van der Waals surface area contributed by atoms with Crippen molar-refractivity contribution in [2.24, 2.45) is 0 Å². The number of nitrogens with one attached hydrogen (secondary N) is 1. The molecule has 0 aromatic heterocycles. The molecule has 1 fully saturated rings. The Morgan fingerprint density at radius 1 is 0.923 bits per heavy atom. The summed E-state index contributed by atoms with van der Waals surface area (Å²) in [4.78, 5) is 29.2. The minimum atomic E-state index is -0.744. The summed E-state index contributed by atoms with van der Waals surface area (Å²) in [7, 11) is 0. The third-order valence-corrected chi connectivity index (χ3v) is 7.29. The third kappa shape index (κ3) is 7.92. The third-order valence-electron chi connectivity index (χ3n) is 7.29. The molecule has 0 spiro atoms. The van der Waals surface area contributed by atoms with Crippen LogP contribution in [0.25, 0.3) is 0 Å². The van der Waals surface area contributed by atoms with Crippen LogP contribution in [0.15, 0.2) is 78.9 Å². The van der Waals surface area contributed by atoms with Crippen LogP contribution < -0.4 is 10.1 Å². The van der Waals surface area contributed by atoms with E-state index in [2.05, 4.69) is 26.1 Å². The van der Waals surface area contributed by atoms with Crippen molar-refractivity contribution < 1.29 is 18.7 Å². The van der Waals surface area contributed by atoms with Crippen LogP contribution in [0.4, 0.5) is 4.39 Å². The molecule has 5 nitrogen and oxygen atoms in total. The summed E-state index contributed by atoms with van der Waals surface area (Å²) >= 11 is 0. The molecule has 1 saturated carbocycles. The van der Waals surface area contributed by atoms with Gasteiger partial charge in [0.2, 0.25) is 5.91 Å². The van der Waals surface area contributed by atoms with Crippen molar-refractivity contribution in [3.8, 4) is 5.75 Å². The molecule has 2 amide bonds. The zero-order chi connectivity index (χ0) is 27.8. The first-order chi connectivity index (χ1) is 18.7. The van der Waals surface area contributed by atoms with E-state index in [0.717, 1.165) is 42.4 Å². The lowest BCUT2D eigenvalue weighted by Gasteiger charge is -2.32. The fourth-order valence-electron chi connectivity index (χ4n) is 5.14. The van der Waals surface area contributed by atoms with E-state index in [-0.39, 0.29) is 42.2 Å². The number of carbonyl (C=O) groups excluding carboxylic acids is 2. The standard InChI is InChI=1S/C33H39FN2O3/c1-33(2,3)28-15-9-10-16-30(28)39-23-31(37)36(22-25-17-19-26(34)20-18-25)29(21-24-11-5-4-6-12-24)32(38)35-27-13-7-8-14-27/h4-6,9-12,15-20,27,29H,7-8,13-14,21-23H2,1-3H3,(H,35,38)/t29-/m0/s1. The highest BCUT2D eigenvalue weighted by atomic mass is 19.1. The quantitative estimate of drug-likeness (QED) is 0.340. The maximum atomic E-state index is 13.9. The highest BCUT2D eigenvalue weighted by Gasteiger charge is 2.32. The SMILES string of the molecule is CC(C)(C)c1ccccc1OCC(=O)N(Cc1ccc(F)cc1)[C@@H](Cc1ccccc1)C(=O)NC1CCCC1. The summed E-state index contributed by atoms with van der Waals surface area (Å²) in [5.41, 5.74) is 2.54. The smallest absolute Gasteiger partial charge is 0.261 e. The molecule has 1 N–H and O–H groups in total. The zero-order valence-corrected chi connectivity index (χ0v) is 23.2. The van der Waals surface area contributed by atoms with Gasteiger partial charge in [-0.1, -0.05) is 94.3 Å². The van der Waals surface area contributed by atoms with Gasteiger partial charge in [-0.05, 0) is 53.1 Å². The topological polar surface area (TPSA) is 58.6 Å². The number of ether oxygens (including phenoxy) is 1. The molecule has 0 saturated heterocycles. The normalized spacial score (nSPS) is 14.6. The highest BCUT2D eigenvalue weighted by molar-refractivity contribution is 5.88. The molecule has 4 rings (SSSR count). The van der Waals surface area contributed by atoms with Gasteiger partial charge in [0.25, 0.3) is 5.91 Å². The van der Waals surface area contributed by atoms with Gasteiger partial charge >= 0.3 is 0 Å². The lowest BCUT2D eigenvalue weighted by Crippen LogP contribution is -2.53. The summed E-state index contributed by atoms with van der Waals surface area (Å²) < 4.78 is 19.8. The number of benzene rings is 3. The number of halogens is 1. The summed E-state index contributed by atoms with van der Waals surface area (Å²) in [5, 5.41) is 3.20. The van der Waals surface area contributed by atoms with E-state index in [1.165, 1.54) is 12.1 Å². The van der Waals surface area contributed by atoms with Crippen LogP contribution in [0.5, 0.6) is 5.75 Å². The van der Waals surface area contributed by atoms with Crippen molar-refractivity contribution in [1.82, 2.24) is 10.2 Å². The van der Waals surface area contributed by atoms with Crippen molar-refractivity contribution in [2.75, 3.05) is 6.61 Å². The summed E-state index contributed by atoms with van der Waals surface area (Å²) in [6.45, 7) is 6.25. The molecule has 0 unspecified atom stereocenters. The van der Waals surface area contributed by atoms with Gasteiger partial charge in [-0.15, -0.1) is 0 Å². The molecule has 3 aromatic rings. The minimum absolute atomic E-state index is 0.119. The van der Waals surface area contributed by atoms with Crippen LogP contribution in [-0.4, -0.2) is 35.4 Å². The average Bonchev–Trinajstić information content (AvgIpc) is 3.43. The first-order valence-corrected chi connectivity index (χ1v) is 13.8. The lowest BCUT2D eigenvalue weighted by molar-refractivity contribution is -0.143. The second-order valence-corrected chi connectivity index (χ2v) is 11.4. The molecule has 1 aliphatic carbocycles. The van der Waals surface area contributed by atoms with Crippen molar-refractivity contribution in [2.45, 2.75) is 76.9 Å². The van der Waals surface area contributed by atoms with Gasteiger partial charge in [0.1, 0.15) is 17.6 Å². The molecule has 6 heteroatoms. The van der Waals surface area contributed by atoms with Crippen LogP contribution >= 0.6 is 0 Å². The molecule has 206 valence electrons. The van der Waals surface area contributed by atoms with E-state index in [0.29, 0.717) is 12.2 Å². The zero-order valence-electron chi connectivity index (χ0n) is 23.2. The first-order valence-electron chi connectivity index (χ1n) is 13.8. The first kappa shape index (κ1) is 28.3. The largest absolute Gasteiger partial charge is 0.483 e. The Kier molecular flexibility index (Phi) is 9.39. The van der Waals surface area contributed by atoms with E-state index >= 15 is 0 Å². The average molecular weight is 531 g/mol. The van der Waals surface area contributed by atoms with Crippen molar-refractivity contribution in [3.63, 3.8) is 0 Å². The van der Waals surface area contributed by atoms with Crippen LogP contribution in [0.1, 0.15) is 63.1 Å². The molecule has 0 heterocycles. The molecule has 0 bridgehead atoms. The molecule has 39 heavy (non-hydrogen) atoms. The van der Waals surface area contributed by atoms with E-state index in [1.807, 2.05) is 54.6 Å². The Bertz CT molecular complexity index is 1230. The predicted molar refractivity (Wildman–Crippen MR) is 152 cm³/mol. The maximum Gasteiger partial charge on any atom is 0.261 e. The number of amides is 2. The fourth-order valence-corrected chi connectivity index (χ4v) is 5.14. The van der Waals surface area contributed by atoms with E-state index < -0.39 is 6.04 Å². The molecule has 0 radical (unpaired) electrons. The number of carbonyl (C=O) groups is 2. The number of nitrogens with zero attached hydrogens (tertiary/aromatic N) is 1. The van der Waals surface area contributed by atoms with Crippen LogP contribution in [-0.2, 0) is 28.0 Å². The summed E-state index contributed by atoms with van der Waals surface area (Å²) in [6, 6.07) is 22.9. The van der Waals surface area contributed by atoms with Crippen molar-refractivity contribution in [1.29, 1.82) is 0 Å². The molecule has 0 aliphatic heterocycles. The Morgan fingerprint density at radius 3 is 2.23 bits per heavy atom. The van der Waals surface area contributed by atoms with Gasteiger partial charge < -0.3 is 15.0 Å². The Balaban J connectivity index is 1.63. The molecule has 1 atom stereocenters. The number of para-hydroxylation sites is 1. The van der Waals surface area contributed by atoms with Crippen LogP contribution in [0, 0.1) is 5.82 Å². The van der Waals surface area contributed by atoms with Gasteiger partial charge in [-0.2, -0.15) is 0 Å². The lowest BCUT2D eigenvalue weighted by atomic mass is 9.86. The second kappa shape index (κ2) is 12.9. The van der Waals surface area contributed by atoms with E-state index in [1.54, 1.807) is 17.0 Å². The minimum Gasteiger partial charge on any atom is -0.483 e. The Labute approximate surface area is 231 Å². The van der Waals surface area contributed by atoms with Gasteiger partial charge in [0, 0.05) is 19.0 Å². The Hall–Kier alpha value is -3.67. The van der Waals surface area contributed by atoms with Crippen LogP contribution in [0.3, 0.4) is 0 Å². The fraction of sp³-hybridized carbons (Fsp3) is 0.394. The molecule has 1 aliphatic rings. The van der Waals surface area contributed by atoms with Crippen molar-refractivity contribution in [3.05, 3.63) is 101 Å². The highest BCUT2D eigenvalue weighted by Crippen LogP contribution is 2.31. The van der Waals surface area contributed by atoms with E-state index in [4.69, 9.17) is 4.74 Å². The number of hydrogen-bond acceptors (Lipinski definition) is 3. The predicted octanol–water partition coefficient (Wildman–Crippen LogP) is 6.20. The van der Waals surface area contributed by atoms with Gasteiger partial charge in [0.15, 0.2) is 6.61 Å². The molecule has 3 aromatic carbocycles. The Morgan fingerprint density at radius 2 is 1.56 bits per heavy atom. The monoisotopic (exact) mass is 530 g/mol. The maximum absolute atomic E-state index is 13.9. The molecular formula is C33H39FN2O3. The van der Waals surface area contributed by atoms with E-state index in [9.17, 15) is 14.0 Å². The van der Waals surface area contributed by atoms with Gasteiger partial charge in [0.05, 0.1) is 0 Å². The summed E-state index contributed by atoms with van der Waals surface area (Å²) in [6.07, 6.45) is 4.44. The molecular weight excluding hydrogens is 491 g/mol. The van der Waals surface area contributed by atoms with Crippen molar-refractivity contribution >= 4 is 11.8 Å². The van der Waals surface area contributed by atoms with Gasteiger partial charge in [-0.3, -0.25) is 9.59 Å². The number of rotatable bonds is 10. The van der Waals surface area contributed by atoms with Crippen LogP contribution in [0.2, 0.25) is 0 Å². The van der Waals surface area contributed by atoms with Gasteiger partial charge in [-0.25, -0.2) is 4.39 Å². The summed E-state index contributed by atoms with van der Waals surface area (Å²) in [5.74, 6) is -0.171. The number of hydrogen-bond donors (Lipinski definition) is 1.